The van der Waals surface area contributed by atoms with Crippen molar-refractivity contribution in [3.05, 3.63) is 74.8 Å². The molecule has 1 aliphatic heterocycles. The number of nitrogens with one attached hydrogen (secondary N) is 1. The second-order valence-corrected chi connectivity index (χ2v) is 6.74. The Balaban J connectivity index is 1.89. The smallest absolute Gasteiger partial charge is 0.275 e. The maximum absolute atomic E-state index is 11.5. The number of nitro benzene ring substituents is 1. The molecule has 0 saturated heterocycles. The number of para-hydroxylation sites is 1. The summed E-state index contributed by atoms with van der Waals surface area (Å²) in [6, 6.07) is 10.9. The van der Waals surface area contributed by atoms with Crippen LogP contribution in [-0.4, -0.2) is 12.0 Å². The summed E-state index contributed by atoms with van der Waals surface area (Å²) in [7, 11) is 1.65. The first kappa shape index (κ1) is 16.0. The number of ether oxygens (including phenoxy) is 1. The zero-order chi connectivity index (χ0) is 17.6. The van der Waals surface area contributed by atoms with E-state index in [1.54, 1.807) is 13.2 Å². The molecule has 1 N–H and O–H groups in total. The van der Waals surface area contributed by atoms with Crippen molar-refractivity contribution in [1.82, 2.24) is 0 Å². The van der Waals surface area contributed by atoms with Crippen molar-refractivity contribution >= 4 is 23.0 Å². The molecule has 0 spiro atoms. The van der Waals surface area contributed by atoms with Crippen LogP contribution in [-0.2, 0) is 0 Å². The van der Waals surface area contributed by atoms with Gasteiger partial charge in [-0.25, -0.2) is 0 Å². The van der Waals surface area contributed by atoms with Crippen LogP contribution in [0.3, 0.4) is 0 Å². The highest BCUT2D eigenvalue weighted by Gasteiger charge is 2.43. The minimum atomic E-state index is -0.330. The lowest BCUT2D eigenvalue weighted by atomic mass is 9.76. The van der Waals surface area contributed by atoms with Gasteiger partial charge in [-0.1, -0.05) is 42.0 Å². The van der Waals surface area contributed by atoms with Crippen LogP contribution in [0.5, 0.6) is 5.75 Å². The van der Waals surface area contributed by atoms with Gasteiger partial charge in [-0.05, 0) is 24.5 Å². The summed E-state index contributed by atoms with van der Waals surface area (Å²) >= 11 is 6.40. The van der Waals surface area contributed by atoms with Crippen LogP contribution in [0.2, 0.25) is 5.02 Å². The van der Waals surface area contributed by atoms with E-state index in [1.807, 2.05) is 24.3 Å². The quantitative estimate of drug-likeness (QED) is 0.473. The van der Waals surface area contributed by atoms with Crippen LogP contribution in [0.15, 0.2) is 48.6 Å². The van der Waals surface area contributed by atoms with Crippen molar-refractivity contribution in [3.8, 4) is 5.75 Å². The summed E-state index contributed by atoms with van der Waals surface area (Å²) in [4.78, 5) is 11.2. The van der Waals surface area contributed by atoms with Gasteiger partial charge in [0.2, 0.25) is 0 Å². The zero-order valence-corrected chi connectivity index (χ0v) is 14.4. The Kier molecular flexibility index (Phi) is 3.88. The number of nitrogens with zero attached hydrogens (tertiary/aromatic N) is 1. The molecule has 6 heteroatoms. The average Bonchev–Trinajstić information content (AvgIpc) is 3.11. The summed E-state index contributed by atoms with van der Waals surface area (Å²) < 4.78 is 5.53. The van der Waals surface area contributed by atoms with Gasteiger partial charge in [-0.15, -0.1) is 0 Å². The van der Waals surface area contributed by atoms with E-state index in [0.29, 0.717) is 16.3 Å². The van der Waals surface area contributed by atoms with Gasteiger partial charge in [-0.3, -0.25) is 10.1 Å². The molecule has 128 valence electrons. The summed E-state index contributed by atoms with van der Waals surface area (Å²) in [6.45, 7) is 0. The van der Waals surface area contributed by atoms with Crippen LogP contribution < -0.4 is 10.1 Å². The minimum Gasteiger partial charge on any atom is -0.496 e. The lowest BCUT2D eigenvalue weighted by Crippen LogP contribution is -2.30. The fourth-order valence-corrected chi connectivity index (χ4v) is 4.26. The Hall–Kier alpha value is -2.53. The standard InChI is InChI=1S/C19H17ClN2O3/c1-25-16-8-3-2-5-13(16)18-12-7-4-6-11(12)17-15(22(23)24)10-9-14(20)19(17)21-18/h2-6,8-12,18,21H,7H2,1H3/t11-,12+,18+/m0/s1. The summed E-state index contributed by atoms with van der Waals surface area (Å²) in [5.74, 6) is 0.946. The number of fused-ring (bicyclic) bond motifs is 3. The Labute approximate surface area is 150 Å². The third kappa shape index (κ3) is 2.46. The number of anilines is 1. The number of allylic oxidation sites excluding steroid dienone is 2. The van der Waals surface area contributed by atoms with E-state index in [4.69, 9.17) is 16.3 Å². The van der Waals surface area contributed by atoms with Crippen molar-refractivity contribution in [3.63, 3.8) is 0 Å². The maximum Gasteiger partial charge on any atom is 0.275 e. The fourth-order valence-electron chi connectivity index (χ4n) is 4.04. The minimum absolute atomic E-state index is 0.0249. The van der Waals surface area contributed by atoms with E-state index in [2.05, 4.69) is 17.5 Å². The van der Waals surface area contributed by atoms with Gasteiger partial charge < -0.3 is 10.1 Å². The zero-order valence-electron chi connectivity index (χ0n) is 13.6. The molecule has 0 radical (unpaired) electrons. The van der Waals surface area contributed by atoms with Gasteiger partial charge in [0.05, 0.1) is 34.3 Å². The molecule has 0 unspecified atom stereocenters. The molecule has 25 heavy (non-hydrogen) atoms. The third-order valence-electron chi connectivity index (χ3n) is 5.12. The highest BCUT2D eigenvalue weighted by atomic mass is 35.5. The monoisotopic (exact) mass is 356 g/mol. The van der Waals surface area contributed by atoms with E-state index in [-0.39, 0.29) is 28.5 Å². The lowest BCUT2D eigenvalue weighted by Gasteiger charge is -2.38. The molecular formula is C19H17ClN2O3. The molecule has 0 fully saturated rings. The van der Waals surface area contributed by atoms with Crippen LogP contribution >= 0.6 is 11.6 Å². The van der Waals surface area contributed by atoms with Crippen LogP contribution in [0.25, 0.3) is 0 Å². The fraction of sp³-hybridized carbons (Fsp3) is 0.263. The molecule has 2 aromatic rings. The molecule has 5 nitrogen and oxygen atoms in total. The highest BCUT2D eigenvalue weighted by molar-refractivity contribution is 6.33. The molecule has 2 aliphatic rings. The first-order valence-electron chi connectivity index (χ1n) is 8.14. The topological polar surface area (TPSA) is 64.4 Å². The third-order valence-corrected chi connectivity index (χ3v) is 5.43. The van der Waals surface area contributed by atoms with Gasteiger partial charge in [-0.2, -0.15) is 0 Å². The molecule has 0 saturated carbocycles. The Morgan fingerprint density at radius 3 is 2.84 bits per heavy atom. The molecule has 1 heterocycles. The van der Waals surface area contributed by atoms with Gasteiger partial charge in [0, 0.05) is 17.5 Å². The van der Waals surface area contributed by atoms with Crippen molar-refractivity contribution in [2.45, 2.75) is 18.4 Å². The van der Waals surface area contributed by atoms with Crippen molar-refractivity contribution < 1.29 is 9.66 Å². The molecular weight excluding hydrogens is 340 g/mol. The molecule has 3 atom stereocenters. The van der Waals surface area contributed by atoms with Gasteiger partial charge in [0.1, 0.15) is 5.75 Å². The molecule has 0 amide bonds. The first-order valence-corrected chi connectivity index (χ1v) is 8.52. The second kappa shape index (κ2) is 6.08. The number of halogens is 1. The predicted molar refractivity (Wildman–Crippen MR) is 97.5 cm³/mol. The SMILES string of the molecule is COc1ccccc1[C@@H]1Nc2c(Cl)ccc([N+](=O)[O-])c2[C@H]2C=CC[C@H]21. The van der Waals surface area contributed by atoms with Gasteiger partial charge in [0.15, 0.2) is 0 Å². The van der Waals surface area contributed by atoms with E-state index < -0.39 is 0 Å². The largest absolute Gasteiger partial charge is 0.496 e. The number of hydrogen-bond acceptors (Lipinski definition) is 4. The number of rotatable bonds is 3. The Bertz CT molecular complexity index is 881. The number of nitro groups is 1. The Morgan fingerprint density at radius 1 is 1.28 bits per heavy atom. The summed E-state index contributed by atoms with van der Waals surface area (Å²) in [5, 5.41) is 15.5. The molecule has 0 bridgehead atoms. The van der Waals surface area contributed by atoms with Crippen LogP contribution in [0, 0.1) is 16.0 Å². The first-order chi connectivity index (χ1) is 12.1. The summed E-state index contributed by atoms with van der Waals surface area (Å²) in [5.41, 5.74) is 2.49. The van der Waals surface area contributed by atoms with E-state index in [1.165, 1.54) is 6.07 Å². The predicted octanol–water partition coefficient (Wildman–Crippen LogP) is 5.08. The van der Waals surface area contributed by atoms with E-state index >= 15 is 0 Å². The van der Waals surface area contributed by atoms with Crippen LogP contribution in [0.1, 0.15) is 29.5 Å². The average molecular weight is 357 g/mol. The molecule has 0 aromatic heterocycles. The molecule has 4 rings (SSSR count). The lowest BCUT2D eigenvalue weighted by molar-refractivity contribution is -0.385. The van der Waals surface area contributed by atoms with Gasteiger partial charge in [0.25, 0.3) is 5.69 Å². The normalized spacial score (nSPS) is 23.5. The van der Waals surface area contributed by atoms with Crippen molar-refractivity contribution in [2.24, 2.45) is 5.92 Å². The summed E-state index contributed by atoms with van der Waals surface area (Å²) in [6.07, 6.45) is 5.01. The van der Waals surface area contributed by atoms with E-state index in [0.717, 1.165) is 17.7 Å². The van der Waals surface area contributed by atoms with Crippen molar-refractivity contribution in [1.29, 1.82) is 0 Å². The highest BCUT2D eigenvalue weighted by Crippen LogP contribution is 2.55. The molecule has 2 aromatic carbocycles. The van der Waals surface area contributed by atoms with Gasteiger partial charge >= 0.3 is 0 Å². The number of methoxy groups -OCH3 is 1. The van der Waals surface area contributed by atoms with E-state index in [9.17, 15) is 10.1 Å². The number of hydrogen-bond donors (Lipinski definition) is 1. The maximum atomic E-state index is 11.5. The van der Waals surface area contributed by atoms with Crippen LogP contribution in [0.4, 0.5) is 11.4 Å². The Morgan fingerprint density at radius 2 is 2.08 bits per heavy atom. The second-order valence-electron chi connectivity index (χ2n) is 6.33. The molecule has 1 aliphatic carbocycles. The van der Waals surface area contributed by atoms with Crippen molar-refractivity contribution in [2.75, 3.05) is 12.4 Å². The number of benzene rings is 2.